The molecule has 9 nitrogen and oxygen atoms in total. The normalized spacial score (nSPS) is 23.5. The molecule has 11 heteroatoms. The molecule has 0 aliphatic carbocycles. The van der Waals surface area contributed by atoms with E-state index in [2.05, 4.69) is 35.9 Å². The van der Waals surface area contributed by atoms with Crippen LogP contribution in [0, 0.1) is 13.8 Å². The first-order valence-corrected chi connectivity index (χ1v) is 13.4. The number of morpholine rings is 1. The summed E-state index contributed by atoms with van der Waals surface area (Å²) in [5.74, 6) is 0. The Morgan fingerprint density at radius 3 is 2.32 bits per heavy atom. The van der Waals surface area contributed by atoms with Crippen molar-refractivity contribution in [3.63, 3.8) is 0 Å². The number of aliphatic imine (C=N–C) groups is 1. The third kappa shape index (κ3) is 3.92. The average Bonchev–Trinajstić information content (AvgIpc) is 3.16. The molecule has 0 radical (unpaired) electrons. The van der Waals surface area contributed by atoms with Gasteiger partial charge in [0.2, 0.25) is 10.0 Å². The van der Waals surface area contributed by atoms with E-state index in [1.807, 2.05) is 11.0 Å². The molecule has 0 saturated carbocycles. The van der Waals surface area contributed by atoms with Gasteiger partial charge in [-0.05, 0) is 49.2 Å². The Morgan fingerprint density at radius 1 is 1.03 bits per heavy atom. The van der Waals surface area contributed by atoms with Gasteiger partial charge in [0, 0.05) is 24.5 Å². The number of nitrogens with two attached hydrogens (primary N) is 2. The fourth-order valence-corrected chi connectivity index (χ4v) is 6.95. The van der Waals surface area contributed by atoms with Crippen LogP contribution < -0.4 is 21.3 Å². The molecule has 180 valence electrons. The molecule has 2 aromatic rings. The zero-order valence-electron chi connectivity index (χ0n) is 19.1. The number of rotatable bonds is 4. The van der Waals surface area contributed by atoms with E-state index < -0.39 is 16.2 Å². The number of benzene rings is 2. The zero-order valence-corrected chi connectivity index (χ0v) is 20.7. The van der Waals surface area contributed by atoms with Crippen LogP contribution in [0.3, 0.4) is 0 Å². The molecule has 1 saturated heterocycles. The summed E-state index contributed by atoms with van der Waals surface area (Å²) in [5, 5.41) is 0.797. The number of nitrogens with zero attached hydrogens (tertiary/aromatic N) is 4. The van der Waals surface area contributed by atoms with Gasteiger partial charge in [0.25, 0.3) is 0 Å². The quantitative estimate of drug-likeness (QED) is 0.656. The van der Waals surface area contributed by atoms with Gasteiger partial charge in [-0.15, -0.1) is 0 Å². The molecule has 1 fully saturated rings. The molecule has 3 aliphatic heterocycles. The lowest BCUT2D eigenvalue weighted by Crippen LogP contribution is -2.51. The molecule has 3 heterocycles. The fraction of sp³-hybridized carbons (Fsp3) is 0.348. The predicted octanol–water partition coefficient (Wildman–Crippen LogP) is 2.12. The summed E-state index contributed by atoms with van der Waals surface area (Å²) in [6.07, 6.45) is 1.15. The zero-order chi connectivity index (χ0) is 24.0. The summed E-state index contributed by atoms with van der Waals surface area (Å²) in [5.41, 5.74) is 17.8. The Balaban J connectivity index is 1.43. The van der Waals surface area contributed by atoms with Crippen LogP contribution in [0.4, 0.5) is 11.4 Å². The molecule has 5 rings (SSSR count). The van der Waals surface area contributed by atoms with Gasteiger partial charge in [-0.1, -0.05) is 30.0 Å². The van der Waals surface area contributed by atoms with Crippen molar-refractivity contribution in [2.45, 2.75) is 30.4 Å². The smallest absolute Gasteiger partial charge is 0.243 e. The van der Waals surface area contributed by atoms with Crippen molar-refractivity contribution < 1.29 is 13.2 Å². The van der Waals surface area contributed by atoms with Crippen molar-refractivity contribution in [2.24, 2.45) is 16.5 Å². The van der Waals surface area contributed by atoms with Crippen LogP contribution in [0.25, 0.3) is 0 Å². The summed E-state index contributed by atoms with van der Waals surface area (Å²) in [7, 11) is -3.57. The van der Waals surface area contributed by atoms with E-state index in [1.54, 1.807) is 30.6 Å². The lowest BCUT2D eigenvalue weighted by Gasteiger charge is -2.37. The van der Waals surface area contributed by atoms with Gasteiger partial charge in [-0.2, -0.15) is 4.31 Å². The van der Waals surface area contributed by atoms with Crippen LogP contribution in [0.15, 0.2) is 63.1 Å². The summed E-state index contributed by atoms with van der Waals surface area (Å²) in [4.78, 5) is 8.78. The first-order valence-electron chi connectivity index (χ1n) is 11.1. The van der Waals surface area contributed by atoms with Crippen molar-refractivity contribution in [1.82, 2.24) is 4.31 Å². The van der Waals surface area contributed by atoms with E-state index in [9.17, 15) is 8.42 Å². The minimum absolute atomic E-state index is 0.246. The number of aryl methyl sites for hydroxylation is 2. The van der Waals surface area contributed by atoms with Crippen molar-refractivity contribution in [1.29, 1.82) is 0 Å². The Labute approximate surface area is 204 Å². The van der Waals surface area contributed by atoms with Crippen molar-refractivity contribution in [3.8, 4) is 0 Å². The minimum Gasteiger partial charge on any atom is -0.379 e. The van der Waals surface area contributed by atoms with Gasteiger partial charge >= 0.3 is 0 Å². The highest BCUT2D eigenvalue weighted by molar-refractivity contribution is 8.04. The monoisotopic (exact) mass is 500 g/mol. The molecule has 0 aromatic heterocycles. The van der Waals surface area contributed by atoms with E-state index in [1.165, 1.54) is 16.1 Å². The lowest BCUT2D eigenvalue weighted by molar-refractivity contribution is 0.0730. The van der Waals surface area contributed by atoms with Gasteiger partial charge in [-0.25, -0.2) is 13.4 Å². The highest BCUT2D eigenvalue weighted by Crippen LogP contribution is 2.45. The second kappa shape index (κ2) is 8.99. The van der Waals surface area contributed by atoms with Gasteiger partial charge < -0.3 is 26.0 Å². The summed E-state index contributed by atoms with van der Waals surface area (Å²) in [6, 6.07) is 12.9. The number of hydrogen-bond acceptors (Lipinski definition) is 9. The number of ether oxygens (including phenoxy) is 1. The van der Waals surface area contributed by atoms with Crippen molar-refractivity contribution >= 4 is 39.5 Å². The number of sulfonamides is 1. The van der Waals surface area contributed by atoms with Crippen LogP contribution in [-0.2, 0) is 14.8 Å². The summed E-state index contributed by atoms with van der Waals surface area (Å²) < 4.78 is 32.7. The molecule has 4 N–H and O–H groups in total. The number of anilines is 2. The van der Waals surface area contributed by atoms with Crippen LogP contribution >= 0.6 is 11.8 Å². The summed E-state index contributed by atoms with van der Waals surface area (Å²) >= 11 is 1.48. The highest BCUT2D eigenvalue weighted by atomic mass is 32.2. The van der Waals surface area contributed by atoms with Crippen LogP contribution in [0.2, 0.25) is 0 Å². The molecule has 2 unspecified atom stereocenters. The number of para-hydroxylation sites is 1. The van der Waals surface area contributed by atoms with E-state index in [-0.39, 0.29) is 10.4 Å². The van der Waals surface area contributed by atoms with E-state index in [0.29, 0.717) is 26.3 Å². The van der Waals surface area contributed by atoms with Crippen LogP contribution in [0.1, 0.15) is 11.1 Å². The molecular weight excluding hydrogens is 472 g/mol. The number of hydrogen-bond donors (Lipinski definition) is 2. The maximum absolute atomic E-state index is 13.0. The van der Waals surface area contributed by atoms with Gasteiger partial charge in [-0.3, -0.25) is 0 Å². The Bertz CT molecular complexity index is 1240. The topological polar surface area (TPSA) is 117 Å². The SMILES string of the molecule is Cc1cccc(C)c1N1C2=C(N=CN(c3ccc(S(=O)(=O)N4CCOCC4)cc3)C2N)SC1N. The van der Waals surface area contributed by atoms with Gasteiger partial charge in [0.05, 0.1) is 30.1 Å². The standard InChI is InChI=1S/C23H28N6O3S2/c1-15-4-3-5-16(2)19(15)29-20-21(24)28(14-26-22(20)33-23(29)25)17-6-8-18(9-7-17)34(30,31)27-10-12-32-13-11-27/h3-9,14,21,23H,10-13,24-25H2,1-2H3. The maximum Gasteiger partial charge on any atom is 0.243 e. The Hall–Kier alpha value is -2.41. The van der Waals surface area contributed by atoms with Crippen LogP contribution in [0.5, 0.6) is 0 Å². The van der Waals surface area contributed by atoms with E-state index in [0.717, 1.165) is 33.2 Å². The minimum atomic E-state index is -3.57. The average molecular weight is 501 g/mol. The van der Waals surface area contributed by atoms with Crippen molar-refractivity contribution in [3.05, 3.63) is 64.3 Å². The second-order valence-electron chi connectivity index (χ2n) is 8.42. The third-order valence-corrected chi connectivity index (χ3v) is 9.17. The first kappa shape index (κ1) is 23.3. The molecule has 2 aromatic carbocycles. The second-order valence-corrected chi connectivity index (χ2v) is 11.5. The molecule has 0 spiro atoms. The van der Waals surface area contributed by atoms with Gasteiger partial charge in [0.15, 0.2) is 0 Å². The lowest BCUT2D eigenvalue weighted by atomic mass is 10.1. The Morgan fingerprint density at radius 2 is 1.68 bits per heavy atom. The first-order chi connectivity index (χ1) is 16.3. The molecule has 2 atom stereocenters. The molecule has 0 amide bonds. The molecule has 0 bridgehead atoms. The number of thioether (sulfide) groups is 1. The van der Waals surface area contributed by atoms with Crippen molar-refractivity contribution in [2.75, 3.05) is 36.1 Å². The maximum atomic E-state index is 13.0. The molecular formula is C23H28N6O3S2. The fourth-order valence-electron chi connectivity index (χ4n) is 4.54. The third-order valence-electron chi connectivity index (χ3n) is 6.27. The largest absolute Gasteiger partial charge is 0.379 e. The van der Waals surface area contributed by atoms with Gasteiger partial charge in [0.1, 0.15) is 16.7 Å². The summed E-state index contributed by atoms with van der Waals surface area (Å²) in [6.45, 7) is 5.64. The highest BCUT2D eigenvalue weighted by Gasteiger charge is 2.40. The Kier molecular flexibility index (Phi) is 6.17. The molecule has 34 heavy (non-hydrogen) atoms. The predicted molar refractivity (Wildman–Crippen MR) is 136 cm³/mol. The van der Waals surface area contributed by atoms with E-state index >= 15 is 0 Å². The molecule has 3 aliphatic rings. The van der Waals surface area contributed by atoms with Crippen LogP contribution in [-0.4, -0.2) is 57.0 Å². The van der Waals surface area contributed by atoms with E-state index in [4.69, 9.17) is 16.2 Å².